The van der Waals surface area contributed by atoms with Gasteiger partial charge >= 0.3 is 0 Å². The van der Waals surface area contributed by atoms with Crippen molar-refractivity contribution in [2.75, 3.05) is 33.9 Å². The van der Waals surface area contributed by atoms with Crippen LogP contribution in [0.25, 0.3) is 0 Å². The average molecular weight is 356 g/mol. The molecule has 0 saturated heterocycles. The number of hydrogen-bond donors (Lipinski definition) is 1. The van der Waals surface area contributed by atoms with E-state index in [0.717, 1.165) is 5.75 Å². The summed E-state index contributed by atoms with van der Waals surface area (Å²) in [6.07, 6.45) is 0.279. The third-order valence-corrected chi connectivity index (χ3v) is 3.77. The van der Waals surface area contributed by atoms with Crippen LogP contribution in [0.4, 0.5) is 0 Å². The molecule has 26 heavy (non-hydrogen) atoms. The van der Waals surface area contributed by atoms with Crippen molar-refractivity contribution in [3.63, 3.8) is 0 Å². The van der Waals surface area contributed by atoms with Gasteiger partial charge in [-0.2, -0.15) is 0 Å². The van der Waals surface area contributed by atoms with E-state index in [2.05, 4.69) is 5.32 Å². The molecule has 2 aromatic carbocycles. The summed E-state index contributed by atoms with van der Waals surface area (Å²) in [4.78, 5) is 25.1. The summed E-state index contributed by atoms with van der Waals surface area (Å²) in [5, 5.41) is 2.54. The third-order valence-electron chi connectivity index (χ3n) is 3.77. The maximum absolute atomic E-state index is 12.3. The molecular formula is C20H24N2O4. The van der Waals surface area contributed by atoms with Crippen LogP contribution in [0.3, 0.4) is 0 Å². The van der Waals surface area contributed by atoms with E-state index in [9.17, 15) is 9.59 Å². The Kier molecular flexibility index (Phi) is 7.49. The van der Waals surface area contributed by atoms with Crippen molar-refractivity contribution in [3.05, 3.63) is 60.2 Å². The van der Waals surface area contributed by atoms with Crippen LogP contribution >= 0.6 is 0 Å². The number of carbonyl (C=O) groups is 2. The second-order valence-corrected chi connectivity index (χ2v) is 5.68. The molecule has 6 nitrogen and oxygen atoms in total. The normalized spacial score (nSPS) is 10.1. The molecule has 138 valence electrons. The first-order valence-electron chi connectivity index (χ1n) is 8.47. The Balaban J connectivity index is 1.76. The van der Waals surface area contributed by atoms with Gasteiger partial charge in [0.15, 0.2) is 0 Å². The molecule has 2 amide bonds. The van der Waals surface area contributed by atoms with Gasteiger partial charge in [-0.15, -0.1) is 0 Å². The Morgan fingerprint density at radius 2 is 1.50 bits per heavy atom. The van der Waals surface area contributed by atoms with Gasteiger partial charge in [0.25, 0.3) is 5.91 Å². The van der Waals surface area contributed by atoms with Crippen LogP contribution < -0.4 is 14.8 Å². The topological polar surface area (TPSA) is 67.9 Å². The number of ether oxygens (including phenoxy) is 2. The summed E-state index contributed by atoms with van der Waals surface area (Å²) in [7, 11) is 3.25. The lowest BCUT2D eigenvalue weighted by molar-refractivity contribution is -0.120. The maximum atomic E-state index is 12.3. The van der Waals surface area contributed by atoms with E-state index in [0.29, 0.717) is 31.1 Å². The van der Waals surface area contributed by atoms with Crippen LogP contribution in [0, 0.1) is 0 Å². The summed E-state index contributed by atoms with van der Waals surface area (Å²) < 4.78 is 11.2. The molecule has 1 N–H and O–H groups in total. The van der Waals surface area contributed by atoms with Gasteiger partial charge in [-0.1, -0.05) is 18.2 Å². The molecule has 2 aromatic rings. The highest BCUT2D eigenvalue weighted by molar-refractivity contribution is 5.94. The highest BCUT2D eigenvalue weighted by atomic mass is 16.5. The van der Waals surface area contributed by atoms with Crippen LogP contribution in [0.15, 0.2) is 54.6 Å². The molecular weight excluding hydrogens is 332 g/mol. The lowest BCUT2D eigenvalue weighted by Gasteiger charge is -2.17. The minimum Gasteiger partial charge on any atom is -0.490 e. The Morgan fingerprint density at radius 1 is 0.923 bits per heavy atom. The average Bonchev–Trinajstić information content (AvgIpc) is 2.69. The number of benzene rings is 2. The lowest BCUT2D eigenvalue weighted by atomic mass is 10.2. The van der Waals surface area contributed by atoms with Gasteiger partial charge in [0, 0.05) is 32.6 Å². The molecule has 0 spiro atoms. The molecule has 0 aliphatic rings. The summed E-state index contributed by atoms with van der Waals surface area (Å²) in [5.41, 5.74) is 0.553. The fraction of sp³-hybridized carbons (Fsp3) is 0.300. The first kappa shape index (κ1) is 19.3. The number of amides is 2. The zero-order valence-electron chi connectivity index (χ0n) is 15.1. The summed E-state index contributed by atoms with van der Waals surface area (Å²) >= 11 is 0. The van der Waals surface area contributed by atoms with Gasteiger partial charge in [0.05, 0.1) is 0 Å². The number of hydrogen-bond acceptors (Lipinski definition) is 4. The summed E-state index contributed by atoms with van der Waals surface area (Å²) in [5.74, 6) is 1.25. The van der Waals surface area contributed by atoms with Gasteiger partial charge in [-0.3, -0.25) is 9.59 Å². The Labute approximate surface area is 153 Å². The van der Waals surface area contributed by atoms with Crippen molar-refractivity contribution in [1.29, 1.82) is 0 Å². The molecule has 0 aliphatic heterocycles. The minimum absolute atomic E-state index is 0.0916. The second-order valence-electron chi connectivity index (χ2n) is 5.68. The van der Waals surface area contributed by atoms with Gasteiger partial charge in [-0.05, 0) is 36.4 Å². The number of nitrogens with one attached hydrogen (secondary N) is 1. The molecule has 0 bridgehead atoms. The number of para-hydroxylation sites is 1. The minimum atomic E-state index is -0.132. The molecule has 0 aliphatic carbocycles. The fourth-order valence-corrected chi connectivity index (χ4v) is 2.25. The van der Waals surface area contributed by atoms with Crippen LogP contribution in [0.2, 0.25) is 0 Å². The summed E-state index contributed by atoms with van der Waals surface area (Å²) in [6, 6.07) is 16.5. The predicted molar refractivity (Wildman–Crippen MR) is 99.5 cm³/mol. The maximum Gasteiger partial charge on any atom is 0.253 e. The number of nitrogens with zero attached hydrogens (tertiary/aromatic N) is 1. The summed E-state index contributed by atoms with van der Waals surface area (Å²) in [6.45, 7) is 1.22. The van der Waals surface area contributed by atoms with Crippen molar-refractivity contribution < 1.29 is 19.1 Å². The lowest BCUT2D eigenvalue weighted by Crippen LogP contribution is -2.31. The van der Waals surface area contributed by atoms with E-state index in [1.165, 1.54) is 4.90 Å². The van der Waals surface area contributed by atoms with E-state index in [1.54, 1.807) is 38.4 Å². The zero-order valence-corrected chi connectivity index (χ0v) is 15.1. The van der Waals surface area contributed by atoms with Gasteiger partial charge in [0.2, 0.25) is 5.91 Å². The van der Waals surface area contributed by atoms with Gasteiger partial charge in [0.1, 0.15) is 24.7 Å². The first-order chi connectivity index (χ1) is 12.6. The van der Waals surface area contributed by atoms with Crippen molar-refractivity contribution in [3.8, 4) is 11.5 Å². The molecule has 0 radical (unpaired) electrons. The van der Waals surface area contributed by atoms with Crippen LogP contribution in [-0.4, -0.2) is 50.6 Å². The molecule has 0 saturated carbocycles. The van der Waals surface area contributed by atoms with Crippen molar-refractivity contribution in [2.24, 2.45) is 0 Å². The van der Waals surface area contributed by atoms with E-state index >= 15 is 0 Å². The molecule has 2 rings (SSSR count). The van der Waals surface area contributed by atoms with E-state index in [4.69, 9.17) is 9.47 Å². The highest BCUT2D eigenvalue weighted by Crippen LogP contribution is 2.14. The van der Waals surface area contributed by atoms with E-state index < -0.39 is 0 Å². The van der Waals surface area contributed by atoms with Gasteiger partial charge in [-0.25, -0.2) is 0 Å². The highest BCUT2D eigenvalue weighted by Gasteiger charge is 2.12. The monoisotopic (exact) mass is 356 g/mol. The van der Waals surface area contributed by atoms with Gasteiger partial charge < -0.3 is 19.7 Å². The van der Waals surface area contributed by atoms with Crippen LogP contribution in [0.1, 0.15) is 16.8 Å². The van der Waals surface area contributed by atoms with Crippen molar-refractivity contribution in [1.82, 2.24) is 10.2 Å². The van der Waals surface area contributed by atoms with Crippen molar-refractivity contribution in [2.45, 2.75) is 6.42 Å². The number of rotatable bonds is 9. The molecule has 6 heteroatoms. The number of carbonyl (C=O) groups excluding carboxylic acids is 2. The molecule has 0 aromatic heterocycles. The van der Waals surface area contributed by atoms with Crippen LogP contribution in [-0.2, 0) is 4.79 Å². The zero-order chi connectivity index (χ0) is 18.8. The van der Waals surface area contributed by atoms with E-state index in [1.807, 2.05) is 30.3 Å². The fourth-order valence-electron chi connectivity index (χ4n) is 2.25. The first-order valence-corrected chi connectivity index (χ1v) is 8.47. The standard InChI is InChI=1S/C20H24N2O4/c1-21-19(23)12-13-22(2)20(24)16-8-10-18(11-9-16)26-15-14-25-17-6-4-3-5-7-17/h3-11H,12-15H2,1-2H3,(H,21,23). The quantitative estimate of drug-likeness (QED) is 0.701. The predicted octanol–water partition coefficient (Wildman–Crippen LogP) is 2.35. The SMILES string of the molecule is CNC(=O)CCN(C)C(=O)c1ccc(OCCOc2ccccc2)cc1. The van der Waals surface area contributed by atoms with Crippen LogP contribution in [0.5, 0.6) is 11.5 Å². The molecule has 0 unspecified atom stereocenters. The molecule has 0 heterocycles. The third kappa shape index (κ3) is 6.12. The second kappa shape index (κ2) is 10.1. The molecule has 0 fully saturated rings. The Hall–Kier alpha value is -3.02. The smallest absolute Gasteiger partial charge is 0.253 e. The van der Waals surface area contributed by atoms with E-state index in [-0.39, 0.29) is 18.2 Å². The largest absolute Gasteiger partial charge is 0.490 e. The molecule has 0 atom stereocenters. The van der Waals surface area contributed by atoms with Crippen molar-refractivity contribution >= 4 is 11.8 Å². The Bertz CT molecular complexity index is 702. The Morgan fingerprint density at radius 3 is 2.08 bits per heavy atom.